The predicted octanol–water partition coefficient (Wildman–Crippen LogP) is 5.83. The van der Waals surface area contributed by atoms with Crippen molar-refractivity contribution in [2.45, 2.75) is 39.3 Å². The van der Waals surface area contributed by atoms with Gasteiger partial charge in [-0.15, -0.1) is 0 Å². The summed E-state index contributed by atoms with van der Waals surface area (Å²) < 4.78 is 15.0. The molecule has 11 heteroatoms. The Hall–Kier alpha value is -4.93. The number of anilines is 1. The van der Waals surface area contributed by atoms with E-state index < -0.39 is 12.0 Å². The van der Waals surface area contributed by atoms with Gasteiger partial charge >= 0.3 is 5.97 Å². The van der Waals surface area contributed by atoms with Crippen LogP contribution in [0, 0.1) is 0 Å². The highest BCUT2D eigenvalue weighted by atomic mass is 35.5. The average Bonchev–Trinajstić information content (AvgIpc) is 3.57. The Balaban J connectivity index is 1.51. The van der Waals surface area contributed by atoms with Crippen molar-refractivity contribution in [3.8, 4) is 5.75 Å². The van der Waals surface area contributed by atoms with E-state index in [2.05, 4.69) is 5.32 Å². The molecule has 0 radical (unpaired) electrons. The number of aromatic nitrogens is 2. The summed E-state index contributed by atoms with van der Waals surface area (Å²) >= 11 is 7.71. The summed E-state index contributed by atoms with van der Waals surface area (Å²) in [7, 11) is 1.53. The number of benzene rings is 3. The second kappa shape index (κ2) is 13.8. The van der Waals surface area contributed by atoms with Crippen LogP contribution in [0.2, 0.25) is 5.02 Å². The number of hydrogen-bond donors (Lipinski definition) is 1. The third kappa shape index (κ3) is 6.39. The van der Waals surface area contributed by atoms with Gasteiger partial charge in [0.1, 0.15) is 18.3 Å². The van der Waals surface area contributed by atoms with Crippen LogP contribution in [0.4, 0.5) is 5.69 Å². The molecule has 0 fully saturated rings. The third-order valence-corrected chi connectivity index (χ3v) is 9.07. The predicted molar refractivity (Wildman–Crippen MR) is 185 cm³/mol. The maximum Gasteiger partial charge on any atom is 0.338 e. The van der Waals surface area contributed by atoms with Gasteiger partial charge in [-0.2, -0.15) is 0 Å². The molecule has 0 spiro atoms. The summed E-state index contributed by atoms with van der Waals surface area (Å²) in [6.45, 7) is 4.00. The molecule has 3 heterocycles. The summed E-state index contributed by atoms with van der Waals surface area (Å²) in [5.74, 6) is -0.239. The standard InChI is InChI=1S/C36H33ClN4O5S/c1-4-11-27-32(35(44)46-5-2)33(26-19-23(37)16-17-29(26)45-3)41-34(43)30(47-36(41)39-27)18-22-20-40(28-15-10-9-14-25(22)28)21-31(42)38-24-12-7-6-8-13-24/h6-10,12-20,33H,4-5,11,21H2,1-3H3,(H,38,42)/b30-18+/t33-/m1/s1. The molecule has 0 aliphatic carbocycles. The first-order valence-electron chi connectivity index (χ1n) is 15.3. The number of hydrogen-bond acceptors (Lipinski definition) is 7. The minimum atomic E-state index is -0.870. The lowest BCUT2D eigenvalue weighted by atomic mass is 9.93. The molecule has 3 aromatic carbocycles. The Morgan fingerprint density at radius 1 is 1.06 bits per heavy atom. The van der Waals surface area contributed by atoms with Crippen LogP contribution in [-0.2, 0) is 20.9 Å². The molecule has 1 aliphatic rings. The lowest BCUT2D eigenvalue weighted by Crippen LogP contribution is -2.40. The zero-order chi connectivity index (χ0) is 33.1. The molecule has 5 aromatic rings. The fourth-order valence-electron chi connectivity index (χ4n) is 5.87. The van der Waals surface area contributed by atoms with Gasteiger partial charge in [0, 0.05) is 38.9 Å². The molecule has 6 rings (SSSR count). The van der Waals surface area contributed by atoms with E-state index >= 15 is 0 Å². The summed E-state index contributed by atoms with van der Waals surface area (Å²) in [5, 5.41) is 4.25. The van der Waals surface area contributed by atoms with Gasteiger partial charge in [0.15, 0.2) is 4.80 Å². The fourth-order valence-corrected chi connectivity index (χ4v) is 7.06. The van der Waals surface area contributed by atoms with Gasteiger partial charge in [0.25, 0.3) is 5.56 Å². The summed E-state index contributed by atoms with van der Waals surface area (Å²) in [4.78, 5) is 46.2. The summed E-state index contributed by atoms with van der Waals surface area (Å²) in [6.07, 6.45) is 4.93. The Morgan fingerprint density at radius 3 is 2.57 bits per heavy atom. The molecule has 1 amide bonds. The molecule has 1 N–H and O–H groups in total. The highest BCUT2D eigenvalue weighted by Crippen LogP contribution is 2.38. The van der Waals surface area contributed by atoms with Gasteiger partial charge in [0.2, 0.25) is 5.91 Å². The van der Waals surface area contributed by atoms with Crippen LogP contribution in [0.15, 0.2) is 100 Å². The number of halogens is 1. The van der Waals surface area contributed by atoms with Crippen LogP contribution in [0.1, 0.15) is 43.9 Å². The molecule has 1 atom stereocenters. The number of para-hydroxylation sites is 2. The van der Waals surface area contributed by atoms with Crippen molar-refractivity contribution in [3.05, 3.63) is 126 Å². The first-order valence-corrected chi connectivity index (χ1v) is 16.5. The van der Waals surface area contributed by atoms with E-state index in [1.54, 1.807) is 25.1 Å². The number of ether oxygens (including phenoxy) is 2. The maximum atomic E-state index is 14.4. The van der Waals surface area contributed by atoms with Gasteiger partial charge in [-0.25, -0.2) is 9.79 Å². The Morgan fingerprint density at radius 2 is 1.83 bits per heavy atom. The number of nitrogens with zero attached hydrogens (tertiary/aromatic N) is 3. The van der Waals surface area contributed by atoms with Gasteiger partial charge in [-0.1, -0.05) is 72.7 Å². The maximum absolute atomic E-state index is 14.4. The van der Waals surface area contributed by atoms with Crippen molar-refractivity contribution in [2.75, 3.05) is 19.0 Å². The number of methoxy groups -OCH3 is 1. The minimum Gasteiger partial charge on any atom is -0.496 e. The molecule has 0 saturated carbocycles. The molecule has 0 saturated heterocycles. The Kier molecular flexibility index (Phi) is 9.42. The quantitative estimate of drug-likeness (QED) is 0.189. The van der Waals surface area contributed by atoms with Crippen molar-refractivity contribution in [1.29, 1.82) is 0 Å². The zero-order valence-corrected chi connectivity index (χ0v) is 27.7. The highest BCUT2D eigenvalue weighted by molar-refractivity contribution is 7.07. The number of allylic oxidation sites excluding steroid dienone is 1. The number of carbonyl (C=O) groups excluding carboxylic acids is 2. The number of rotatable bonds is 10. The first kappa shape index (κ1) is 32.0. The SMILES string of the molecule is CCCC1=C(C(=O)OCC)[C@@H](c2cc(Cl)ccc2OC)n2c(s/c(=C/c3cn(CC(=O)Nc4ccccc4)c4ccccc34)c2=O)=N1. The van der Waals surface area contributed by atoms with Crippen LogP contribution in [0.25, 0.3) is 17.0 Å². The number of amides is 1. The topological polar surface area (TPSA) is 104 Å². The van der Waals surface area contributed by atoms with E-state index in [9.17, 15) is 14.4 Å². The second-order valence-electron chi connectivity index (χ2n) is 10.9. The van der Waals surface area contributed by atoms with Crippen molar-refractivity contribution < 1.29 is 19.1 Å². The Bertz CT molecular complexity index is 2200. The van der Waals surface area contributed by atoms with E-state index in [0.29, 0.717) is 43.5 Å². The molecule has 0 bridgehead atoms. The summed E-state index contributed by atoms with van der Waals surface area (Å²) in [5.41, 5.74) is 3.42. The van der Waals surface area contributed by atoms with E-state index in [4.69, 9.17) is 26.1 Å². The lowest BCUT2D eigenvalue weighted by Gasteiger charge is -2.27. The van der Waals surface area contributed by atoms with E-state index in [0.717, 1.165) is 22.9 Å². The molecule has 240 valence electrons. The van der Waals surface area contributed by atoms with E-state index in [-0.39, 0.29) is 30.2 Å². The first-order chi connectivity index (χ1) is 22.8. The highest BCUT2D eigenvalue weighted by Gasteiger charge is 2.36. The van der Waals surface area contributed by atoms with Crippen LogP contribution in [-0.4, -0.2) is 34.7 Å². The van der Waals surface area contributed by atoms with Crippen LogP contribution < -0.4 is 24.9 Å². The monoisotopic (exact) mass is 668 g/mol. The van der Waals surface area contributed by atoms with Gasteiger partial charge in [0.05, 0.1) is 29.5 Å². The molecular formula is C36H33ClN4O5S. The third-order valence-electron chi connectivity index (χ3n) is 7.86. The number of thiazole rings is 1. The Labute approximate surface area is 280 Å². The molecule has 9 nitrogen and oxygen atoms in total. The molecule has 0 unspecified atom stereocenters. The second-order valence-corrected chi connectivity index (χ2v) is 12.4. The van der Waals surface area contributed by atoms with Crippen LogP contribution >= 0.6 is 22.9 Å². The number of esters is 1. The normalized spacial score (nSPS) is 14.6. The smallest absolute Gasteiger partial charge is 0.338 e. The fraction of sp³-hybridized carbons (Fsp3) is 0.222. The van der Waals surface area contributed by atoms with Crippen molar-refractivity contribution in [2.24, 2.45) is 4.99 Å². The molecule has 1 aliphatic heterocycles. The summed E-state index contributed by atoms with van der Waals surface area (Å²) in [6, 6.07) is 21.3. The number of nitrogens with one attached hydrogen (secondary N) is 1. The van der Waals surface area contributed by atoms with Crippen molar-refractivity contribution in [3.63, 3.8) is 0 Å². The van der Waals surface area contributed by atoms with E-state index in [1.165, 1.54) is 23.0 Å². The lowest BCUT2D eigenvalue weighted by molar-refractivity contribution is -0.139. The molecule has 2 aromatic heterocycles. The minimum absolute atomic E-state index is 0.0857. The van der Waals surface area contributed by atoms with Crippen molar-refractivity contribution >= 4 is 57.5 Å². The zero-order valence-electron chi connectivity index (χ0n) is 26.2. The van der Waals surface area contributed by atoms with Gasteiger partial charge < -0.3 is 19.4 Å². The van der Waals surface area contributed by atoms with Crippen LogP contribution in [0.5, 0.6) is 5.75 Å². The van der Waals surface area contributed by atoms with Gasteiger partial charge in [-0.3, -0.25) is 14.2 Å². The number of carbonyl (C=O) groups is 2. The van der Waals surface area contributed by atoms with Crippen LogP contribution in [0.3, 0.4) is 0 Å². The molecule has 47 heavy (non-hydrogen) atoms. The van der Waals surface area contributed by atoms with Crippen molar-refractivity contribution in [1.82, 2.24) is 9.13 Å². The average molecular weight is 669 g/mol. The largest absolute Gasteiger partial charge is 0.496 e. The van der Waals surface area contributed by atoms with E-state index in [1.807, 2.05) is 78.4 Å². The number of fused-ring (bicyclic) bond motifs is 2. The molecular weight excluding hydrogens is 636 g/mol. The van der Waals surface area contributed by atoms with Gasteiger partial charge in [-0.05, 0) is 55.8 Å².